The highest BCUT2D eigenvalue weighted by molar-refractivity contribution is 9.10. The molecule has 0 amide bonds. The lowest BCUT2D eigenvalue weighted by Crippen LogP contribution is -1.97. The fourth-order valence-electron chi connectivity index (χ4n) is 2.99. The standard InChI is InChI=1S/C18H19Br2N/c1-2-3-4-5-10-21-17-8-6-13(19)11-15(17)16-12-14(20)7-9-18(16)21/h6-9,11-12H,2-5,10H2,1H3. The number of benzene rings is 2. The molecule has 1 heterocycles. The Balaban J connectivity index is 2.11. The molecule has 0 atom stereocenters. The minimum Gasteiger partial charge on any atom is -0.340 e. The van der Waals surface area contributed by atoms with E-state index in [1.165, 1.54) is 47.5 Å². The SMILES string of the molecule is CCCCCCn1c2ccc(Br)cc2c2cc(Br)ccc21. The van der Waals surface area contributed by atoms with Crippen molar-refractivity contribution in [1.29, 1.82) is 0 Å². The Labute approximate surface area is 142 Å². The Morgan fingerprint density at radius 3 is 1.90 bits per heavy atom. The van der Waals surface area contributed by atoms with Gasteiger partial charge in [-0.2, -0.15) is 0 Å². The van der Waals surface area contributed by atoms with Crippen LogP contribution in [0, 0.1) is 0 Å². The molecule has 3 heteroatoms. The Morgan fingerprint density at radius 2 is 1.38 bits per heavy atom. The smallest absolute Gasteiger partial charge is 0.0492 e. The third-order valence-corrected chi connectivity index (χ3v) is 5.01. The topological polar surface area (TPSA) is 4.93 Å². The molecule has 0 aliphatic heterocycles. The van der Waals surface area contributed by atoms with Crippen LogP contribution in [-0.2, 0) is 6.54 Å². The molecule has 110 valence electrons. The van der Waals surface area contributed by atoms with Gasteiger partial charge in [-0.25, -0.2) is 0 Å². The Hall–Kier alpha value is -0.800. The first-order valence-electron chi connectivity index (χ1n) is 7.57. The largest absolute Gasteiger partial charge is 0.340 e. The first-order chi connectivity index (χ1) is 10.2. The maximum Gasteiger partial charge on any atom is 0.0492 e. The van der Waals surface area contributed by atoms with Crippen LogP contribution in [0.4, 0.5) is 0 Å². The number of fused-ring (bicyclic) bond motifs is 3. The number of hydrogen-bond acceptors (Lipinski definition) is 0. The van der Waals surface area contributed by atoms with Crippen molar-refractivity contribution in [2.45, 2.75) is 39.2 Å². The molecular formula is C18H19Br2N. The van der Waals surface area contributed by atoms with E-state index in [-0.39, 0.29) is 0 Å². The van der Waals surface area contributed by atoms with E-state index in [1.807, 2.05) is 0 Å². The Kier molecular flexibility index (Phi) is 4.70. The molecule has 21 heavy (non-hydrogen) atoms. The third kappa shape index (κ3) is 3.04. The molecular weight excluding hydrogens is 390 g/mol. The van der Waals surface area contributed by atoms with Crippen LogP contribution >= 0.6 is 31.9 Å². The summed E-state index contributed by atoms with van der Waals surface area (Å²) in [7, 11) is 0. The van der Waals surface area contributed by atoms with Crippen molar-refractivity contribution in [3.8, 4) is 0 Å². The van der Waals surface area contributed by atoms with Gasteiger partial charge in [0.05, 0.1) is 0 Å². The molecule has 3 aromatic rings. The van der Waals surface area contributed by atoms with E-state index in [0.29, 0.717) is 0 Å². The summed E-state index contributed by atoms with van der Waals surface area (Å²) in [6.45, 7) is 3.36. The van der Waals surface area contributed by atoms with Crippen LogP contribution in [0.1, 0.15) is 32.6 Å². The van der Waals surface area contributed by atoms with Gasteiger partial charge in [0.1, 0.15) is 0 Å². The fraction of sp³-hybridized carbons (Fsp3) is 0.333. The van der Waals surface area contributed by atoms with Crippen molar-refractivity contribution in [2.24, 2.45) is 0 Å². The molecule has 1 aromatic heterocycles. The van der Waals surface area contributed by atoms with Crippen molar-refractivity contribution < 1.29 is 0 Å². The highest BCUT2D eigenvalue weighted by Gasteiger charge is 2.11. The molecule has 3 rings (SSSR count). The summed E-state index contributed by atoms with van der Waals surface area (Å²) in [5.74, 6) is 0. The summed E-state index contributed by atoms with van der Waals surface area (Å²) in [6, 6.07) is 13.2. The van der Waals surface area contributed by atoms with Crippen LogP contribution in [0.3, 0.4) is 0 Å². The molecule has 0 unspecified atom stereocenters. The quantitative estimate of drug-likeness (QED) is 0.404. The van der Waals surface area contributed by atoms with Crippen LogP contribution < -0.4 is 0 Å². The normalized spacial score (nSPS) is 11.6. The van der Waals surface area contributed by atoms with Gasteiger partial charge in [0, 0.05) is 37.3 Å². The molecule has 1 nitrogen and oxygen atoms in total. The highest BCUT2D eigenvalue weighted by Crippen LogP contribution is 2.33. The predicted molar refractivity (Wildman–Crippen MR) is 99.0 cm³/mol. The number of hydrogen-bond donors (Lipinski definition) is 0. The molecule has 0 aliphatic rings. The van der Waals surface area contributed by atoms with Crippen LogP contribution in [0.15, 0.2) is 45.3 Å². The Bertz CT molecular complexity index is 714. The summed E-state index contributed by atoms with van der Waals surface area (Å²) in [5, 5.41) is 2.66. The van der Waals surface area contributed by atoms with Crippen molar-refractivity contribution in [3.63, 3.8) is 0 Å². The van der Waals surface area contributed by atoms with Crippen LogP contribution in [0.2, 0.25) is 0 Å². The van der Waals surface area contributed by atoms with E-state index >= 15 is 0 Å². The molecule has 0 bridgehead atoms. The molecule has 0 spiro atoms. The van der Waals surface area contributed by atoms with Crippen molar-refractivity contribution >= 4 is 53.7 Å². The van der Waals surface area contributed by atoms with Gasteiger partial charge in [-0.05, 0) is 42.8 Å². The Morgan fingerprint density at radius 1 is 0.810 bits per heavy atom. The summed E-state index contributed by atoms with van der Waals surface area (Å²) >= 11 is 7.20. The monoisotopic (exact) mass is 407 g/mol. The van der Waals surface area contributed by atoms with Gasteiger partial charge in [0.2, 0.25) is 0 Å². The van der Waals surface area contributed by atoms with Gasteiger partial charge in [-0.1, -0.05) is 58.0 Å². The molecule has 0 aliphatic carbocycles. The number of aryl methyl sites for hydroxylation is 1. The van der Waals surface area contributed by atoms with Gasteiger partial charge >= 0.3 is 0 Å². The lowest BCUT2D eigenvalue weighted by Gasteiger charge is -2.07. The molecule has 0 radical (unpaired) electrons. The highest BCUT2D eigenvalue weighted by atomic mass is 79.9. The summed E-state index contributed by atoms with van der Waals surface area (Å²) in [4.78, 5) is 0. The number of aromatic nitrogens is 1. The summed E-state index contributed by atoms with van der Waals surface area (Å²) in [6.07, 6.45) is 5.17. The molecule has 0 N–H and O–H groups in total. The number of nitrogens with zero attached hydrogens (tertiary/aromatic N) is 1. The average molecular weight is 409 g/mol. The van der Waals surface area contributed by atoms with Crippen molar-refractivity contribution in [2.75, 3.05) is 0 Å². The van der Waals surface area contributed by atoms with Gasteiger partial charge in [-0.15, -0.1) is 0 Å². The third-order valence-electron chi connectivity index (χ3n) is 4.02. The maximum atomic E-state index is 3.60. The van der Waals surface area contributed by atoms with E-state index in [1.54, 1.807) is 0 Å². The molecule has 0 saturated carbocycles. The second-order valence-corrected chi connectivity index (χ2v) is 7.37. The van der Waals surface area contributed by atoms with Gasteiger partial charge in [-0.3, -0.25) is 0 Å². The number of rotatable bonds is 5. The number of unbranched alkanes of at least 4 members (excludes halogenated alkanes) is 3. The van der Waals surface area contributed by atoms with E-state index < -0.39 is 0 Å². The molecule has 0 fully saturated rings. The van der Waals surface area contributed by atoms with Crippen LogP contribution in [0.25, 0.3) is 21.8 Å². The maximum absolute atomic E-state index is 3.60. The second kappa shape index (κ2) is 6.53. The lowest BCUT2D eigenvalue weighted by molar-refractivity contribution is 0.602. The van der Waals surface area contributed by atoms with E-state index in [2.05, 4.69) is 79.7 Å². The van der Waals surface area contributed by atoms with E-state index in [4.69, 9.17) is 0 Å². The second-order valence-electron chi connectivity index (χ2n) is 5.54. The lowest BCUT2D eigenvalue weighted by atomic mass is 10.2. The summed E-state index contributed by atoms with van der Waals surface area (Å²) in [5.41, 5.74) is 2.67. The van der Waals surface area contributed by atoms with E-state index in [0.717, 1.165) is 15.5 Å². The first-order valence-corrected chi connectivity index (χ1v) is 9.16. The predicted octanol–water partition coefficient (Wildman–Crippen LogP) is 6.90. The molecule has 0 saturated heterocycles. The van der Waals surface area contributed by atoms with Gasteiger partial charge in [0.15, 0.2) is 0 Å². The zero-order chi connectivity index (χ0) is 14.8. The minimum atomic E-state index is 1.10. The van der Waals surface area contributed by atoms with Gasteiger partial charge in [0.25, 0.3) is 0 Å². The average Bonchev–Trinajstić information content (AvgIpc) is 2.77. The zero-order valence-corrected chi connectivity index (χ0v) is 15.4. The van der Waals surface area contributed by atoms with E-state index in [9.17, 15) is 0 Å². The fourth-order valence-corrected chi connectivity index (χ4v) is 3.71. The zero-order valence-electron chi connectivity index (χ0n) is 12.2. The minimum absolute atomic E-state index is 1.10. The summed E-state index contributed by atoms with van der Waals surface area (Å²) < 4.78 is 4.75. The number of halogens is 2. The van der Waals surface area contributed by atoms with Crippen LogP contribution in [0.5, 0.6) is 0 Å². The van der Waals surface area contributed by atoms with Crippen molar-refractivity contribution in [3.05, 3.63) is 45.3 Å². The van der Waals surface area contributed by atoms with Crippen LogP contribution in [-0.4, -0.2) is 4.57 Å². The first kappa shape index (κ1) is 15.1. The van der Waals surface area contributed by atoms with Gasteiger partial charge < -0.3 is 4.57 Å². The molecule has 2 aromatic carbocycles. The van der Waals surface area contributed by atoms with Crippen molar-refractivity contribution in [1.82, 2.24) is 4.57 Å².